The number of carbonyl (C=O) groups is 2. The van der Waals surface area contributed by atoms with E-state index in [1.54, 1.807) is 0 Å². The van der Waals surface area contributed by atoms with Gasteiger partial charge >= 0.3 is 0 Å². The number of carbonyl (C=O) groups excluding carboxylic acids is 2. The Hall–Kier alpha value is -3.08. The number of hydrazine groups is 1. The zero-order valence-corrected chi connectivity index (χ0v) is 15.6. The highest BCUT2D eigenvalue weighted by Crippen LogP contribution is 2.17. The number of amides is 2. The summed E-state index contributed by atoms with van der Waals surface area (Å²) in [6.45, 7) is 3.00. The van der Waals surface area contributed by atoms with Gasteiger partial charge in [-0.15, -0.1) is 0 Å². The van der Waals surface area contributed by atoms with E-state index >= 15 is 0 Å². The number of benzene rings is 2. The zero-order chi connectivity index (χ0) is 19.1. The smallest absolute Gasteiger partial charge is 0.244 e. The van der Waals surface area contributed by atoms with E-state index in [9.17, 15) is 9.59 Å². The average Bonchev–Trinajstić information content (AvgIpc) is 2.68. The lowest BCUT2D eigenvalue weighted by molar-refractivity contribution is -0.133. The monoisotopic (exact) mass is 363 g/mol. The van der Waals surface area contributed by atoms with E-state index in [-0.39, 0.29) is 18.2 Å². The summed E-state index contributed by atoms with van der Waals surface area (Å²) in [6.07, 6.45) is 3.30. The first-order valence-corrected chi connectivity index (χ1v) is 9.26. The van der Waals surface area contributed by atoms with Crippen LogP contribution in [0, 0.1) is 6.92 Å². The van der Waals surface area contributed by atoms with Crippen molar-refractivity contribution in [2.75, 3.05) is 13.1 Å². The van der Waals surface area contributed by atoms with Crippen LogP contribution in [0.15, 0.2) is 60.7 Å². The van der Waals surface area contributed by atoms with Gasteiger partial charge in [0.05, 0.1) is 12.2 Å². The molecule has 2 N–H and O–H groups in total. The van der Waals surface area contributed by atoms with Gasteiger partial charge in [0.25, 0.3) is 0 Å². The van der Waals surface area contributed by atoms with Gasteiger partial charge in [0, 0.05) is 19.4 Å². The molecule has 2 aromatic carbocycles. The second kappa shape index (κ2) is 9.03. The predicted octanol–water partition coefficient (Wildman–Crippen LogP) is 2.82. The van der Waals surface area contributed by atoms with Gasteiger partial charge < -0.3 is 5.32 Å². The molecule has 0 atom stereocenters. The minimum atomic E-state index is -0.0481. The molecule has 0 bridgehead atoms. The van der Waals surface area contributed by atoms with E-state index in [2.05, 4.69) is 35.9 Å². The minimum Gasteiger partial charge on any atom is -0.356 e. The Kier molecular flexibility index (Phi) is 6.26. The largest absolute Gasteiger partial charge is 0.356 e. The van der Waals surface area contributed by atoms with Crippen molar-refractivity contribution in [1.29, 1.82) is 0 Å². The van der Waals surface area contributed by atoms with Gasteiger partial charge in [-0.25, -0.2) is 0 Å². The molecular weight excluding hydrogens is 338 g/mol. The Labute approximate surface area is 160 Å². The lowest BCUT2D eigenvalue weighted by Gasteiger charge is -2.29. The summed E-state index contributed by atoms with van der Waals surface area (Å²) in [6, 6.07) is 18.1. The molecule has 140 valence electrons. The number of hydrogen-bond acceptors (Lipinski definition) is 3. The van der Waals surface area contributed by atoms with Crippen LogP contribution in [0.1, 0.15) is 29.5 Å². The molecular formula is C22H25N3O2. The molecule has 0 spiro atoms. The summed E-state index contributed by atoms with van der Waals surface area (Å²) >= 11 is 0. The highest BCUT2D eigenvalue weighted by Gasteiger charge is 2.20. The fraction of sp³-hybridized carbons (Fsp3) is 0.273. The first-order valence-electron chi connectivity index (χ1n) is 9.26. The minimum absolute atomic E-state index is 0.0257. The van der Waals surface area contributed by atoms with Gasteiger partial charge in [0.2, 0.25) is 11.8 Å². The molecule has 1 heterocycles. The van der Waals surface area contributed by atoms with Crippen LogP contribution in [0.5, 0.6) is 0 Å². The summed E-state index contributed by atoms with van der Waals surface area (Å²) in [5.41, 5.74) is 7.48. The molecule has 2 amide bonds. The van der Waals surface area contributed by atoms with Crippen LogP contribution < -0.4 is 10.7 Å². The number of nitrogens with one attached hydrogen (secondary N) is 2. The molecule has 5 nitrogen and oxygen atoms in total. The van der Waals surface area contributed by atoms with Crippen molar-refractivity contribution >= 4 is 17.5 Å². The number of nitrogens with zero attached hydrogens (tertiary/aromatic N) is 1. The fourth-order valence-electron chi connectivity index (χ4n) is 3.05. The van der Waals surface area contributed by atoms with E-state index in [1.165, 1.54) is 16.1 Å². The Balaban J connectivity index is 1.44. The van der Waals surface area contributed by atoms with Gasteiger partial charge in [0.15, 0.2) is 0 Å². The predicted molar refractivity (Wildman–Crippen MR) is 106 cm³/mol. The van der Waals surface area contributed by atoms with Gasteiger partial charge in [-0.1, -0.05) is 60.2 Å². The molecule has 0 unspecified atom stereocenters. The van der Waals surface area contributed by atoms with Gasteiger partial charge in [0.1, 0.15) is 0 Å². The third-order valence-corrected chi connectivity index (χ3v) is 4.50. The highest BCUT2D eigenvalue weighted by atomic mass is 16.2. The summed E-state index contributed by atoms with van der Waals surface area (Å²) in [7, 11) is 0. The molecule has 0 fully saturated rings. The van der Waals surface area contributed by atoms with Crippen molar-refractivity contribution in [3.63, 3.8) is 0 Å². The van der Waals surface area contributed by atoms with Crippen LogP contribution in [0.4, 0.5) is 0 Å². The molecule has 3 rings (SSSR count). The maximum atomic E-state index is 12.1. The van der Waals surface area contributed by atoms with Crippen LogP contribution >= 0.6 is 0 Å². The Morgan fingerprint density at radius 1 is 1.15 bits per heavy atom. The molecule has 0 radical (unpaired) electrons. The SMILES string of the molecule is Cc1cccc(CCNC(=O)CCN2NC(c3ccccc3)=CCC2=O)c1. The quantitative estimate of drug-likeness (QED) is 0.795. The standard InChI is InChI=1S/C22H25N3O2/c1-17-6-5-7-18(16-17)12-14-23-21(26)13-15-25-22(27)11-10-20(24-25)19-8-3-2-4-9-19/h2-10,16,24H,11-15H2,1H3,(H,23,26). The van der Waals surface area contributed by atoms with E-state index in [1.807, 2.05) is 42.5 Å². The third-order valence-electron chi connectivity index (χ3n) is 4.50. The Morgan fingerprint density at radius 2 is 1.96 bits per heavy atom. The second-order valence-electron chi connectivity index (χ2n) is 6.68. The normalized spacial score (nSPS) is 13.7. The summed E-state index contributed by atoms with van der Waals surface area (Å²) in [4.78, 5) is 24.2. The van der Waals surface area contributed by atoms with Crippen LogP contribution in [0.3, 0.4) is 0 Å². The van der Waals surface area contributed by atoms with Crippen molar-refractivity contribution in [3.8, 4) is 0 Å². The van der Waals surface area contributed by atoms with Gasteiger partial charge in [-0.3, -0.25) is 20.0 Å². The maximum absolute atomic E-state index is 12.1. The van der Waals surface area contributed by atoms with Crippen molar-refractivity contribution < 1.29 is 9.59 Å². The lowest BCUT2D eigenvalue weighted by atomic mass is 10.1. The average molecular weight is 363 g/mol. The molecule has 2 aromatic rings. The van der Waals surface area contributed by atoms with E-state index < -0.39 is 0 Å². The Morgan fingerprint density at radius 3 is 2.74 bits per heavy atom. The molecule has 0 saturated heterocycles. The number of rotatable bonds is 7. The van der Waals surface area contributed by atoms with E-state index in [0.717, 1.165) is 17.7 Å². The lowest BCUT2D eigenvalue weighted by Crippen LogP contribution is -2.46. The Bertz CT molecular complexity index is 830. The molecule has 0 aliphatic carbocycles. The maximum Gasteiger partial charge on any atom is 0.244 e. The van der Waals surface area contributed by atoms with Crippen LogP contribution in [0.2, 0.25) is 0 Å². The molecule has 0 aromatic heterocycles. The molecule has 27 heavy (non-hydrogen) atoms. The van der Waals surface area contributed by atoms with Gasteiger partial charge in [-0.05, 0) is 30.5 Å². The van der Waals surface area contributed by atoms with Gasteiger partial charge in [-0.2, -0.15) is 0 Å². The van der Waals surface area contributed by atoms with Crippen LogP contribution in [-0.4, -0.2) is 29.9 Å². The second-order valence-corrected chi connectivity index (χ2v) is 6.68. The summed E-state index contributed by atoms with van der Waals surface area (Å²) in [5, 5.41) is 4.46. The zero-order valence-electron chi connectivity index (χ0n) is 15.6. The van der Waals surface area contributed by atoms with Crippen molar-refractivity contribution in [1.82, 2.24) is 15.8 Å². The van der Waals surface area contributed by atoms with E-state index in [4.69, 9.17) is 0 Å². The molecule has 0 saturated carbocycles. The summed E-state index contributed by atoms with van der Waals surface area (Å²) in [5.74, 6) is -0.0738. The molecule has 5 heteroatoms. The first kappa shape index (κ1) is 18.7. The molecule has 1 aliphatic heterocycles. The first-order chi connectivity index (χ1) is 13.1. The fourth-order valence-corrected chi connectivity index (χ4v) is 3.05. The number of hydrogen-bond donors (Lipinski definition) is 2. The highest BCUT2D eigenvalue weighted by molar-refractivity contribution is 5.84. The molecule has 1 aliphatic rings. The van der Waals surface area contributed by atoms with Crippen LogP contribution in [-0.2, 0) is 16.0 Å². The van der Waals surface area contributed by atoms with Crippen molar-refractivity contribution in [2.45, 2.75) is 26.2 Å². The third kappa shape index (κ3) is 5.45. The number of aryl methyl sites for hydroxylation is 1. The van der Waals surface area contributed by atoms with Crippen molar-refractivity contribution in [3.05, 3.63) is 77.4 Å². The van der Waals surface area contributed by atoms with Crippen molar-refractivity contribution in [2.24, 2.45) is 0 Å². The topological polar surface area (TPSA) is 61.4 Å². The van der Waals surface area contributed by atoms with Crippen LogP contribution in [0.25, 0.3) is 5.70 Å². The summed E-state index contributed by atoms with van der Waals surface area (Å²) < 4.78 is 0. The van der Waals surface area contributed by atoms with E-state index in [0.29, 0.717) is 19.5 Å².